The van der Waals surface area contributed by atoms with Crippen LogP contribution in [0, 0.1) is 13.8 Å². The van der Waals surface area contributed by atoms with Crippen molar-refractivity contribution < 1.29 is 14.2 Å². The van der Waals surface area contributed by atoms with Crippen molar-refractivity contribution in [2.24, 2.45) is 5.84 Å². The van der Waals surface area contributed by atoms with Crippen LogP contribution in [0.3, 0.4) is 0 Å². The zero-order valence-electron chi connectivity index (χ0n) is 12.2. The molecule has 108 valence electrons. The molecule has 5 heteroatoms. The second-order valence-electron chi connectivity index (χ2n) is 4.47. The number of hydrogen-bond acceptors (Lipinski definition) is 5. The highest BCUT2D eigenvalue weighted by atomic mass is 16.5. The van der Waals surface area contributed by atoms with Crippen LogP contribution in [-0.2, 0) is 9.47 Å². The molecular formula is C14H24N2O3. The molecule has 1 unspecified atom stereocenters. The van der Waals surface area contributed by atoms with Crippen LogP contribution in [0.2, 0.25) is 0 Å². The predicted molar refractivity (Wildman–Crippen MR) is 75.2 cm³/mol. The molecule has 0 saturated carbocycles. The van der Waals surface area contributed by atoms with Gasteiger partial charge in [0.1, 0.15) is 5.75 Å². The molecule has 0 aliphatic carbocycles. The molecule has 0 spiro atoms. The topological polar surface area (TPSA) is 65.7 Å². The van der Waals surface area contributed by atoms with Gasteiger partial charge in [0.25, 0.3) is 0 Å². The van der Waals surface area contributed by atoms with Gasteiger partial charge in [0.05, 0.1) is 33.0 Å². The third kappa shape index (κ3) is 4.47. The van der Waals surface area contributed by atoms with E-state index in [0.717, 1.165) is 22.4 Å². The maximum atomic E-state index is 5.62. The van der Waals surface area contributed by atoms with E-state index in [2.05, 4.69) is 11.5 Å². The molecule has 1 aromatic rings. The van der Waals surface area contributed by atoms with E-state index in [1.54, 1.807) is 14.2 Å². The van der Waals surface area contributed by atoms with Crippen molar-refractivity contribution in [3.8, 4) is 5.75 Å². The fraction of sp³-hybridized carbons (Fsp3) is 0.571. The predicted octanol–water partition coefficient (Wildman–Crippen LogP) is 1.48. The van der Waals surface area contributed by atoms with Crippen LogP contribution in [0.5, 0.6) is 5.75 Å². The molecule has 0 radical (unpaired) electrons. The lowest BCUT2D eigenvalue weighted by atomic mass is 9.99. The summed E-state index contributed by atoms with van der Waals surface area (Å²) < 4.78 is 15.8. The second-order valence-corrected chi connectivity index (χ2v) is 4.47. The van der Waals surface area contributed by atoms with Gasteiger partial charge in [-0.3, -0.25) is 11.3 Å². The Hall–Kier alpha value is -1.14. The zero-order chi connectivity index (χ0) is 14.3. The summed E-state index contributed by atoms with van der Waals surface area (Å²) in [5.41, 5.74) is 6.13. The van der Waals surface area contributed by atoms with Crippen molar-refractivity contribution in [2.75, 3.05) is 34.0 Å². The lowest BCUT2D eigenvalue weighted by molar-refractivity contribution is 0.0585. The number of hydrazine groups is 1. The van der Waals surface area contributed by atoms with E-state index >= 15 is 0 Å². The Bertz CT molecular complexity index is 397. The summed E-state index contributed by atoms with van der Waals surface area (Å²) in [5.74, 6) is 6.50. The number of rotatable bonds is 8. The van der Waals surface area contributed by atoms with Crippen molar-refractivity contribution in [1.29, 1.82) is 0 Å². The van der Waals surface area contributed by atoms with Gasteiger partial charge in [-0.05, 0) is 36.6 Å². The van der Waals surface area contributed by atoms with Gasteiger partial charge in [-0.1, -0.05) is 6.07 Å². The van der Waals surface area contributed by atoms with Gasteiger partial charge in [-0.25, -0.2) is 0 Å². The summed E-state index contributed by atoms with van der Waals surface area (Å²) in [7, 11) is 3.33. The molecule has 0 saturated heterocycles. The first-order valence-electron chi connectivity index (χ1n) is 6.32. The van der Waals surface area contributed by atoms with Crippen molar-refractivity contribution in [3.05, 3.63) is 28.8 Å². The van der Waals surface area contributed by atoms with Crippen LogP contribution in [0.1, 0.15) is 22.7 Å². The average molecular weight is 268 g/mol. The molecule has 0 aliphatic rings. The fourth-order valence-corrected chi connectivity index (χ4v) is 1.98. The minimum atomic E-state index is -0.0403. The smallest absolute Gasteiger partial charge is 0.122 e. The first kappa shape index (κ1) is 15.9. The van der Waals surface area contributed by atoms with Crippen molar-refractivity contribution in [2.45, 2.75) is 19.9 Å². The molecule has 0 amide bonds. The average Bonchev–Trinajstić information content (AvgIpc) is 2.41. The maximum absolute atomic E-state index is 5.62. The number of hydrogen-bond donors (Lipinski definition) is 2. The van der Waals surface area contributed by atoms with Gasteiger partial charge in [0.2, 0.25) is 0 Å². The maximum Gasteiger partial charge on any atom is 0.122 e. The summed E-state index contributed by atoms with van der Waals surface area (Å²) in [6.45, 7) is 5.70. The lowest BCUT2D eigenvalue weighted by Crippen LogP contribution is -2.32. The minimum Gasteiger partial charge on any atom is -0.496 e. The highest BCUT2D eigenvalue weighted by Gasteiger charge is 2.14. The Labute approximate surface area is 115 Å². The highest BCUT2D eigenvalue weighted by Crippen LogP contribution is 2.26. The molecule has 0 bridgehead atoms. The first-order chi connectivity index (χ1) is 9.13. The van der Waals surface area contributed by atoms with Gasteiger partial charge in [0.15, 0.2) is 0 Å². The zero-order valence-corrected chi connectivity index (χ0v) is 12.2. The summed E-state index contributed by atoms with van der Waals surface area (Å²) >= 11 is 0. The second kappa shape index (κ2) is 8.12. The normalized spacial score (nSPS) is 12.5. The number of nitrogens with one attached hydrogen (secondary N) is 1. The van der Waals surface area contributed by atoms with Crippen LogP contribution in [0.25, 0.3) is 0 Å². The molecule has 0 heterocycles. The van der Waals surface area contributed by atoms with Gasteiger partial charge >= 0.3 is 0 Å². The Morgan fingerprint density at radius 3 is 2.47 bits per heavy atom. The van der Waals surface area contributed by atoms with Gasteiger partial charge in [-0.15, -0.1) is 0 Å². The van der Waals surface area contributed by atoms with Crippen molar-refractivity contribution in [3.63, 3.8) is 0 Å². The molecule has 0 aromatic heterocycles. The SMILES string of the molecule is COCCOCC(NN)c1cc(C)c(OC)cc1C. The molecule has 1 atom stereocenters. The number of ether oxygens (including phenoxy) is 3. The van der Waals surface area contributed by atoms with Crippen molar-refractivity contribution >= 4 is 0 Å². The van der Waals surface area contributed by atoms with Crippen LogP contribution in [0.4, 0.5) is 0 Å². The number of aryl methyl sites for hydroxylation is 2. The summed E-state index contributed by atoms with van der Waals surface area (Å²) in [6.07, 6.45) is 0. The molecule has 0 aliphatic heterocycles. The van der Waals surface area contributed by atoms with E-state index in [-0.39, 0.29) is 6.04 Å². The van der Waals surface area contributed by atoms with E-state index in [0.29, 0.717) is 19.8 Å². The number of methoxy groups -OCH3 is 2. The van der Waals surface area contributed by atoms with Crippen molar-refractivity contribution in [1.82, 2.24) is 5.43 Å². The van der Waals surface area contributed by atoms with E-state index in [9.17, 15) is 0 Å². The molecular weight excluding hydrogens is 244 g/mol. The van der Waals surface area contributed by atoms with Crippen LogP contribution in [0.15, 0.2) is 12.1 Å². The quantitative estimate of drug-likeness (QED) is 0.425. The lowest BCUT2D eigenvalue weighted by Gasteiger charge is -2.20. The summed E-state index contributed by atoms with van der Waals surface area (Å²) in [6, 6.07) is 4.06. The van der Waals surface area contributed by atoms with Gasteiger partial charge in [-0.2, -0.15) is 0 Å². The Morgan fingerprint density at radius 2 is 1.89 bits per heavy atom. The van der Waals surface area contributed by atoms with Crippen LogP contribution in [-0.4, -0.2) is 34.0 Å². The third-order valence-electron chi connectivity index (χ3n) is 3.08. The van der Waals surface area contributed by atoms with Gasteiger partial charge < -0.3 is 14.2 Å². The Kier molecular flexibility index (Phi) is 6.80. The molecule has 0 fully saturated rings. The number of benzene rings is 1. The standard InChI is InChI=1S/C14H24N2O3/c1-10-8-14(18-4)11(2)7-12(10)13(16-15)9-19-6-5-17-3/h7-8,13,16H,5-6,9,15H2,1-4H3. The number of nitrogens with two attached hydrogens (primary N) is 1. The van der Waals surface area contributed by atoms with Crippen LogP contribution < -0.4 is 16.0 Å². The summed E-state index contributed by atoms with van der Waals surface area (Å²) in [5, 5.41) is 0. The molecule has 1 aromatic carbocycles. The Balaban J connectivity index is 2.77. The highest BCUT2D eigenvalue weighted by molar-refractivity contribution is 5.42. The monoisotopic (exact) mass is 268 g/mol. The summed E-state index contributed by atoms with van der Waals surface area (Å²) in [4.78, 5) is 0. The molecule has 3 N–H and O–H groups in total. The van der Waals surface area contributed by atoms with Crippen LogP contribution >= 0.6 is 0 Å². The fourth-order valence-electron chi connectivity index (χ4n) is 1.98. The molecule has 5 nitrogen and oxygen atoms in total. The Morgan fingerprint density at radius 1 is 1.16 bits per heavy atom. The minimum absolute atomic E-state index is 0.0403. The van der Waals surface area contributed by atoms with E-state index in [1.165, 1.54) is 0 Å². The van der Waals surface area contributed by atoms with E-state index in [1.807, 2.05) is 19.9 Å². The van der Waals surface area contributed by atoms with E-state index < -0.39 is 0 Å². The van der Waals surface area contributed by atoms with Gasteiger partial charge in [0, 0.05) is 7.11 Å². The third-order valence-corrected chi connectivity index (χ3v) is 3.08. The largest absolute Gasteiger partial charge is 0.496 e. The molecule has 19 heavy (non-hydrogen) atoms. The first-order valence-corrected chi connectivity index (χ1v) is 6.32. The van der Waals surface area contributed by atoms with E-state index in [4.69, 9.17) is 20.1 Å². The molecule has 1 rings (SSSR count).